The van der Waals surface area contributed by atoms with Crippen LogP contribution in [0.5, 0.6) is 0 Å². The van der Waals surface area contributed by atoms with Crippen LogP contribution in [0, 0.1) is 0 Å². The van der Waals surface area contributed by atoms with Crippen molar-refractivity contribution in [3.63, 3.8) is 0 Å². The first kappa shape index (κ1) is 12.7. The zero-order chi connectivity index (χ0) is 12.4. The molecule has 0 N–H and O–H groups in total. The van der Waals surface area contributed by atoms with Gasteiger partial charge in [-0.2, -0.15) is 0 Å². The number of likely N-dealkylation sites (tertiary alicyclic amines) is 1. The SMILES string of the molecule is Clc1nnc(CN2CCC(N3CCOCC3)C2)s1. The van der Waals surface area contributed by atoms with Gasteiger partial charge in [-0.3, -0.25) is 9.80 Å². The highest BCUT2D eigenvalue weighted by molar-refractivity contribution is 7.15. The van der Waals surface area contributed by atoms with E-state index >= 15 is 0 Å². The molecule has 0 amide bonds. The lowest BCUT2D eigenvalue weighted by atomic mass is 10.2. The van der Waals surface area contributed by atoms with Gasteiger partial charge in [0.25, 0.3) is 0 Å². The smallest absolute Gasteiger partial charge is 0.207 e. The van der Waals surface area contributed by atoms with E-state index in [0.717, 1.165) is 50.9 Å². The van der Waals surface area contributed by atoms with E-state index < -0.39 is 0 Å². The molecule has 100 valence electrons. The Labute approximate surface area is 116 Å². The Morgan fingerprint density at radius 1 is 1.28 bits per heavy atom. The Hall–Kier alpha value is -0.270. The van der Waals surface area contributed by atoms with Crippen molar-refractivity contribution in [1.29, 1.82) is 0 Å². The van der Waals surface area contributed by atoms with Crippen molar-refractivity contribution in [2.75, 3.05) is 39.4 Å². The van der Waals surface area contributed by atoms with Gasteiger partial charge in [-0.15, -0.1) is 10.2 Å². The Morgan fingerprint density at radius 3 is 2.83 bits per heavy atom. The van der Waals surface area contributed by atoms with E-state index in [1.807, 2.05) is 0 Å². The Morgan fingerprint density at radius 2 is 2.11 bits per heavy atom. The van der Waals surface area contributed by atoms with Gasteiger partial charge in [0.2, 0.25) is 4.47 Å². The second-order valence-corrected chi connectivity index (χ2v) is 6.42. The van der Waals surface area contributed by atoms with Crippen LogP contribution in [0.3, 0.4) is 0 Å². The van der Waals surface area contributed by atoms with E-state index in [1.165, 1.54) is 17.8 Å². The lowest BCUT2D eigenvalue weighted by Gasteiger charge is -2.32. The molecule has 2 aliphatic rings. The number of aromatic nitrogens is 2. The zero-order valence-electron chi connectivity index (χ0n) is 10.2. The summed E-state index contributed by atoms with van der Waals surface area (Å²) in [7, 11) is 0. The van der Waals surface area contributed by atoms with Crippen LogP contribution in [-0.4, -0.2) is 65.4 Å². The van der Waals surface area contributed by atoms with Crippen LogP contribution >= 0.6 is 22.9 Å². The molecule has 3 heterocycles. The second kappa shape index (κ2) is 5.79. The average Bonchev–Trinajstić information content (AvgIpc) is 3.01. The first-order valence-electron chi connectivity index (χ1n) is 6.33. The maximum atomic E-state index is 5.80. The summed E-state index contributed by atoms with van der Waals surface area (Å²) in [4.78, 5) is 4.99. The van der Waals surface area contributed by atoms with Gasteiger partial charge in [0, 0.05) is 32.2 Å². The van der Waals surface area contributed by atoms with Crippen molar-refractivity contribution in [1.82, 2.24) is 20.0 Å². The quantitative estimate of drug-likeness (QED) is 0.833. The van der Waals surface area contributed by atoms with Crippen molar-refractivity contribution in [3.8, 4) is 0 Å². The van der Waals surface area contributed by atoms with Crippen LogP contribution in [-0.2, 0) is 11.3 Å². The molecule has 3 rings (SSSR count). The van der Waals surface area contributed by atoms with Crippen molar-refractivity contribution < 1.29 is 4.74 Å². The zero-order valence-corrected chi connectivity index (χ0v) is 11.8. The summed E-state index contributed by atoms with van der Waals surface area (Å²) in [5.74, 6) is 0. The van der Waals surface area contributed by atoms with Gasteiger partial charge in [-0.25, -0.2) is 0 Å². The molecule has 7 heteroatoms. The summed E-state index contributed by atoms with van der Waals surface area (Å²) >= 11 is 7.28. The molecule has 0 aromatic carbocycles. The molecule has 0 aliphatic carbocycles. The Balaban J connectivity index is 1.51. The number of ether oxygens (including phenoxy) is 1. The molecule has 0 spiro atoms. The minimum atomic E-state index is 0.536. The highest BCUT2D eigenvalue weighted by Gasteiger charge is 2.29. The minimum Gasteiger partial charge on any atom is -0.379 e. The van der Waals surface area contributed by atoms with Crippen LogP contribution in [0.1, 0.15) is 11.4 Å². The molecule has 0 radical (unpaired) electrons. The van der Waals surface area contributed by atoms with Gasteiger partial charge in [-0.05, 0) is 18.0 Å². The van der Waals surface area contributed by atoms with Crippen LogP contribution in [0.15, 0.2) is 0 Å². The maximum Gasteiger partial charge on any atom is 0.207 e. The molecule has 0 saturated carbocycles. The summed E-state index contributed by atoms with van der Waals surface area (Å²) in [5.41, 5.74) is 0. The molecule has 5 nitrogen and oxygen atoms in total. The Bertz CT molecular complexity index is 396. The number of morpholine rings is 1. The number of hydrogen-bond acceptors (Lipinski definition) is 6. The maximum absolute atomic E-state index is 5.80. The van der Waals surface area contributed by atoms with E-state index in [9.17, 15) is 0 Å². The highest BCUT2D eigenvalue weighted by Crippen LogP contribution is 2.21. The fraction of sp³-hybridized carbons (Fsp3) is 0.818. The van der Waals surface area contributed by atoms with Gasteiger partial charge in [-0.1, -0.05) is 11.3 Å². The Kier molecular flexibility index (Phi) is 4.10. The number of rotatable bonds is 3. The lowest BCUT2D eigenvalue weighted by molar-refractivity contribution is 0.0184. The largest absolute Gasteiger partial charge is 0.379 e. The molecule has 2 saturated heterocycles. The van der Waals surface area contributed by atoms with Gasteiger partial charge in [0.1, 0.15) is 5.01 Å². The van der Waals surface area contributed by atoms with Crippen LogP contribution in [0.2, 0.25) is 4.47 Å². The summed E-state index contributed by atoms with van der Waals surface area (Å²) in [5, 5.41) is 8.94. The van der Waals surface area contributed by atoms with Gasteiger partial charge in [0.15, 0.2) is 0 Å². The summed E-state index contributed by atoms with van der Waals surface area (Å²) < 4.78 is 5.93. The van der Waals surface area contributed by atoms with Crippen LogP contribution < -0.4 is 0 Å². The van der Waals surface area contributed by atoms with Gasteiger partial charge >= 0.3 is 0 Å². The summed E-state index contributed by atoms with van der Waals surface area (Å²) in [6.07, 6.45) is 1.24. The molecule has 2 aliphatic heterocycles. The summed E-state index contributed by atoms with van der Waals surface area (Å²) in [6.45, 7) is 7.04. The first-order valence-corrected chi connectivity index (χ1v) is 7.53. The standard InChI is InChI=1S/C11H17ClN4OS/c12-11-14-13-10(18-11)8-15-2-1-9(7-15)16-3-5-17-6-4-16/h9H,1-8H2. The topological polar surface area (TPSA) is 41.5 Å². The van der Waals surface area contributed by atoms with Crippen molar-refractivity contribution in [2.24, 2.45) is 0 Å². The highest BCUT2D eigenvalue weighted by atomic mass is 35.5. The van der Waals surface area contributed by atoms with Gasteiger partial charge in [0.05, 0.1) is 19.8 Å². The lowest BCUT2D eigenvalue weighted by Crippen LogP contribution is -2.44. The van der Waals surface area contributed by atoms with E-state index in [4.69, 9.17) is 16.3 Å². The normalized spacial score (nSPS) is 26.8. The van der Waals surface area contributed by atoms with Crippen molar-refractivity contribution in [3.05, 3.63) is 9.47 Å². The third-order valence-corrected chi connectivity index (χ3v) is 4.61. The molecular formula is C11H17ClN4OS. The predicted octanol–water partition coefficient (Wildman–Crippen LogP) is 1.10. The molecule has 2 fully saturated rings. The summed E-state index contributed by atoms with van der Waals surface area (Å²) in [6, 6.07) is 0.678. The van der Waals surface area contributed by atoms with E-state index in [2.05, 4.69) is 20.0 Å². The number of hydrogen-bond donors (Lipinski definition) is 0. The molecule has 18 heavy (non-hydrogen) atoms. The first-order chi connectivity index (χ1) is 8.81. The van der Waals surface area contributed by atoms with E-state index in [-0.39, 0.29) is 0 Å². The molecular weight excluding hydrogens is 272 g/mol. The molecule has 1 unspecified atom stereocenters. The molecule has 1 atom stereocenters. The minimum absolute atomic E-state index is 0.536. The molecule has 1 aromatic heterocycles. The van der Waals surface area contributed by atoms with Crippen LogP contribution in [0.25, 0.3) is 0 Å². The predicted molar refractivity (Wildman–Crippen MR) is 71.0 cm³/mol. The van der Waals surface area contributed by atoms with Crippen molar-refractivity contribution in [2.45, 2.75) is 19.0 Å². The number of halogens is 1. The fourth-order valence-corrected chi connectivity index (χ4v) is 3.59. The average molecular weight is 289 g/mol. The van der Waals surface area contributed by atoms with E-state index in [1.54, 1.807) is 0 Å². The fourth-order valence-electron chi connectivity index (χ4n) is 2.68. The third kappa shape index (κ3) is 3.00. The molecule has 1 aromatic rings. The van der Waals surface area contributed by atoms with E-state index in [0.29, 0.717) is 10.5 Å². The number of nitrogens with zero attached hydrogens (tertiary/aromatic N) is 4. The van der Waals surface area contributed by atoms with Crippen molar-refractivity contribution >= 4 is 22.9 Å². The van der Waals surface area contributed by atoms with Gasteiger partial charge < -0.3 is 4.74 Å². The van der Waals surface area contributed by atoms with Crippen LogP contribution in [0.4, 0.5) is 0 Å². The third-order valence-electron chi connectivity index (χ3n) is 3.61. The second-order valence-electron chi connectivity index (χ2n) is 4.77. The monoisotopic (exact) mass is 288 g/mol. The molecule has 0 bridgehead atoms.